The number of nitrogen functional groups attached to an aromatic ring is 1. The molecule has 1 aromatic rings. The summed E-state index contributed by atoms with van der Waals surface area (Å²) in [6, 6.07) is 5.37. The van der Waals surface area contributed by atoms with Gasteiger partial charge in [-0.2, -0.15) is 0 Å². The topological polar surface area (TPSA) is 59.2 Å². The van der Waals surface area contributed by atoms with Crippen LogP contribution in [0.3, 0.4) is 0 Å². The minimum atomic E-state index is -0.0685. The Labute approximate surface area is 96.5 Å². The number of pyridine rings is 1. The van der Waals surface area contributed by atoms with E-state index in [2.05, 4.69) is 18.8 Å². The molecule has 88 valence electrons. The van der Waals surface area contributed by atoms with Crippen molar-refractivity contribution in [2.45, 2.75) is 32.7 Å². The van der Waals surface area contributed by atoms with Crippen LogP contribution in [0.5, 0.6) is 0 Å². The molecule has 0 aliphatic rings. The molecule has 1 heterocycles. The van der Waals surface area contributed by atoms with Crippen molar-refractivity contribution in [1.29, 1.82) is 0 Å². The molecule has 16 heavy (non-hydrogen) atoms. The van der Waals surface area contributed by atoms with Gasteiger partial charge in [0.1, 0.15) is 11.5 Å². The van der Waals surface area contributed by atoms with Crippen molar-refractivity contribution in [2.24, 2.45) is 0 Å². The van der Waals surface area contributed by atoms with Crippen molar-refractivity contribution in [2.75, 3.05) is 12.8 Å². The van der Waals surface area contributed by atoms with Crippen molar-refractivity contribution in [3.63, 3.8) is 0 Å². The average molecular weight is 221 g/mol. The Morgan fingerprint density at radius 3 is 2.56 bits per heavy atom. The van der Waals surface area contributed by atoms with Crippen LogP contribution in [0, 0.1) is 0 Å². The van der Waals surface area contributed by atoms with Gasteiger partial charge in [-0.1, -0.05) is 19.9 Å². The second-order valence-electron chi connectivity index (χ2n) is 3.83. The average Bonchev–Trinajstić information content (AvgIpc) is 2.29. The molecule has 0 radical (unpaired) electrons. The maximum atomic E-state index is 12.1. The lowest BCUT2D eigenvalue weighted by Gasteiger charge is -2.25. The van der Waals surface area contributed by atoms with Gasteiger partial charge in [-0.05, 0) is 25.0 Å². The van der Waals surface area contributed by atoms with Gasteiger partial charge in [0.05, 0.1) is 0 Å². The molecule has 1 amide bonds. The number of nitrogens with two attached hydrogens (primary N) is 1. The second kappa shape index (κ2) is 5.49. The van der Waals surface area contributed by atoms with Gasteiger partial charge in [0.15, 0.2) is 0 Å². The first-order valence-electron chi connectivity index (χ1n) is 5.59. The van der Waals surface area contributed by atoms with Gasteiger partial charge < -0.3 is 10.6 Å². The minimum absolute atomic E-state index is 0.0685. The lowest BCUT2D eigenvalue weighted by molar-refractivity contribution is 0.0718. The zero-order valence-corrected chi connectivity index (χ0v) is 10.1. The van der Waals surface area contributed by atoms with Crippen LogP contribution in [0.15, 0.2) is 18.2 Å². The van der Waals surface area contributed by atoms with Crippen molar-refractivity contribution in [3.8, 4) is 0 Å². The van der Waals surface area contributed by atoms with E-state index in [9.17, 15) is 4.79 Å². The highest BCUT2D eigenvalue weighted by atomic mass is 16.2. The fourth-order valence-electron chi connectivity index (χ4n) is 1.75. The molecule has 0 bridgehead atoms. The summed E-state index contributed by atoms with van der Waals surface area (Å²) >= 11 is 0. The summed E-state index contributed by atoms with van der Waals surface area (Å²) in [6.45, 7) is 4.15. The summed E-state index contributed by atoms with van der Waals surface area (Å²) in [5.74, 6) is 0.310. The number of carbonyl (C=O) groups excluding carboxylic acids is 1. The summed E-state index contributed by atoms with van der Waals surface area (Å²) in [5, 5.41) is 0. The molecule has 0 aliphatic carbocycles. The molecule has 4 heteroatoms. The molecule has 0 aromatic carbocycles. The molecule has 1 rings (SSSR count). The van der Waals surface area contributed by atoms with Gasteiger partial charge >= 0.3 is 0 Å². The molecule has 0 unspecified atom stereocenters. The van der Waals surface area contributed by atoms with Crippen molar-refractivity contribution in [3.05, 3.63) is 23.9 Å². The van der Waals surface area contributed by atoms with Crippen LogP contribution in [-0.4, -0.2) is 28.9 Å². The zero-order chi connectivity index (χ0) is 12.1. The Balaban J connectivity index is 2.85. The molecule has 0 saturated carbocycles. The number of amides is 1. The Morgan fingerprint density at radius 2 is 2.06 bits per heavy atom. The summed E-state index contributed by atoms with van der Waals surface area (Å²) in [7, 11) is 1.81. The van der Waals surface area contributed by atoms with Gasteiger partial charge in [-0.15, -0.1) is 0 Å². The number of rotatable bonds is 4. The van der Waals surface area contributed by atoms with Gasteiger partial charge in [0, 0.05) is 13.1 Å². The van der Waals surface area contributed by atoms with Crippen LogP contribution in [-0.2, 0) is 0 Å². The Kier molecular flexibility index (Phi) is 4.28. The Hall–Kier alpha value is -1.58. The van der Waals surface area contributed by atoms with E-state index < -0.39 is 0 Å². The zero-order valence-electron chi connectivity index (χ0n) is 10.1. The first kappa shape index (κ1) is 12.5. The third-order valence-electron chi connectivity index (χ3n) is 2.80. The van der Waals surface area contributed by atoms with E-state index in [1.165, 1.54) is 0 Å². The molecule has 4 nitrogen and oxygen atoms in total. The van der Waals surface area contributed by atoms with Gasteiger partial charge in [0.2, 0.25) is 0 Å². The third kappa shape index (κ3) is 2.72. The number of carbonyl (C=O) groups is 1. The Morgan fingerprint density at radius 1 is 1.44 bits per heavy atom. The number of hydrogen-bond acceptors (Lipinski definition) is 3. The highest BCUT2D eigenvalue weighted by Crippen LogP contribution is 2.11. The lowest BCUT2D eigenvalue weighted by Crippen LogP contribution is -2.36. The van der Waals surface area contributed by atoms with Crippen LogP contribution in [0.25, 0.3) is 0 Å². The van der Waals surface area contributed by atoms with Crippen LogP contribution in [0.4, 0.5) is 5.82 Å². The maximum Gasteiger partial charge on any atom is 0.272 e. The first-order valence-corrected chi connectivity index (χ1v) is 5.59. The fourth-order valence-corrected chi connectivity index (χ4v) is 1.75. The van der Waals surface area contributed by atoms with Crippen LogP contribution in [0.2, 0.25) is 0 Å². The van der Waals surface area contributed by atoms with Crippen molar-refractivity contribution < 1.29 is 4.79 Å². The van der Waals surface area contributed by atoms with Crippen LogP contribution >= 0.6 is 0 Å². The third-order valence-corrected chi connectivity index (χ3v) is 2.80. The van der Waals surface area contributed by atoms with E-state index in [1.54, 1.807) is 23.1 Å². The quantitative estimate of drug-likeness (QED) is 0.845. The van der Waals surface area contributed by atoms with E-state index >= 15 is 0 Å². The number of anilines is 1. The molecule has 0 spiro atoms. The van der Waals surface area contributed by atoms with Gasteiger partial charge in [0.25, 0.3) is 5.91 Å². The standard InChI is InChI=1S/C12H19N3O/c1-4-9(5-2)15(3)12(16)10-7-6-8-11(13)14-10/h6-9H,4-5H2,1-3H3,(H2,13,14). The van der Waals surface area contributed by atoms with E-state index in [0.717, 1.165) is 12.8 Å². The van der Waals surface area contributed by atoms with Gasteiger partial charge in [-0.3, -0.25) is 4.79 Å². The van der Waals surface area contributed by atoms with Crippen molar-refractivity contribution >= 4 is 11.7 Å². The normalized spacial score (nSPS) is 10.5. The molecule has 0 aliphatic heterocycles. The van der Waals surface area contributed by atoms with E-state index in [4.69, 9.17) is 5.73 Å². The predicted octanol–water partition coefficient (Wildman–Crippen LogP) is 1.92. The molecular formula is C12H19N3O. The smallest absolute Gasteiger partial charge is 0.272 e. The fraction of sp³-hybridized carbons (Fsp3) is 0.500. The van der Waals surface area contributed by atoms with E-state index in [1.807, 2.05) is 7.05 Å². The van der Waals surface area contributed by atoms with E-state index in [0.29, 0.717) is 11.5 Å². The number of hydrogen-bond donors (Lipinski definition) is 1. The Bertz CT molecular complexity index is 361. The van der Waals surface area contributed by atoms with E-state index in [-0.39, 0.29) is 11.9 Å². The molecule has 1 aromatic heterocycles. The highest BCUT2D eigenvalue weighted by molar-refractivity contribution is 5.92. The summed E-state index contributed by atoms with van der Waals surface area (Å²) in [6.07, 6.45) is 1.89. The molecule has 0 atom stereocenters. The molecule has 0 fully saturated rings. The molecule has 2 N–H and O–H groups in total. The lowest BCUT2D eigenvalue weighted by atomic mass is 10.1. The SMILES string of the molecule is CCC(CC)N(C)C(=O)c1cccc(N)n1. The second-order valence-corrected chi connectivity index (χ2v) is 3.83. The molecular weight excluding hydrogens is 202 g/mol. The van der Waals surface area contributed by atoms with Crippen LogP contribution in [0.1, 0.15) is 37.2 Å². The molecule has 0 saturated heterocycles. The summed E-state index contributed by atoms with van der Waals surface area (Å²) in [5.41, 5.74) is 5.97. The number of nitrogens with zero attached hydrogens (tertiary/aromatic N) is 2. The maximum absolute atomic E-state index is 12.1. The summed E-state index contributed by atoms with van der Waals surface area (Å²) in [4.78, 5) is 17.8. The predicted molar refractivity (Wildman–Crippen MR) is 65.1 cm³/mol. The monoisotopic (exact) mass is 221 g/mol. The summed E-state index contributed by atoms with van der Waals surface area (Å²) < 4.78 is 0. The van der Waals surface area contributed by atoms with Crippen molar-refractivity contribution in [1.82, 2.24) is 9.88 Å². The highest BCUT2D eigenvalue weighted by Gasteiger charge is 2.19. The largest absolute Gasteiger partial charge is 0.384 e. The van der Waals surface area contributed by atoms with Gasteiger partial charge in [-0.25, -0.2) is 4.98 Å². The first-order chi connectivity index (χ1) is 7.60. The van der Waals surface area contributed by atoms with Crippen LogP contribution < -0.4 is 5.73 Å². The minimum Gasteiger partial charge on any atom is -0.384 e. The number of aromatic nitrogens is 1.